The second-order valence-electron chi connectivity index (χ2n) is 26.6. The van der Waals surface area contributed by atoms with Crippen molar-refractivity contribution in [2.45, 2.75) is 205 Å². The molecule has 388 valence electrons. The Hall–Kier alpha value is -3.35. The minimum atomic E-state index is -1.65. The zero-order chi connectivity index (χ0) is 51.5. The average Bonchev–Trinajstić information content (AvgIpc) is 3.24. The van der Waals surface area contributed by atoms with Gasteiger partial charge in [-0.25, -0.2) is 0 Å². The third-order valence-electron chi connectivity index (χ3n) is 23.5. The molecule has 0 heterocycles. The molecule has 0 aliphatic heterocycles. The summed E-state index contributed by atoms with van der Waals surface area (Å²) >= 11 is 0. The SMILES string of the molecule is CC(=O)OC[C@@]1(C(=O)O)CC[C@]2(C)C(CCC3[C@@]4(C)CC[C@H](O)C(C)(C)C4CC[C@]32C)C1=O.CC(=O)OC[C@@]1(C(=O)O)CC[C@]2(C)C(CCC3[C@@]4(C)CC[C@H](OC(C)=O)C(C)(C)C4CC[C@]32C)C1=O. The second-order valence-corrected chi connectivity index (χ2v) is 26.6. The highest BCUT2D eigenvalue weighted by Crippen LogP contribution is 2.76. The van der Waals surface area contributed by atoms with E-state index in [1.807, 2.05) is 0 Å². The number of aliphatic hydroxyl groups excluding tert-OH is 1. The van der Waals surface area contributed by atoms with Gasteiger partial charge in [0.1, 0.15) is 19.3 Å². The minimum Gasteiger partial charge on any atom is -0.480 e. The van der Waals surface area contributed by atoms with Crippen LogP contribution in [0.15, 0.2) is 0 Å². The van der Waals surface area contributed by atoms with Crippen molar-refractivity contribution >= 4 is 41.4 Å². The van der Waals surface area contributed by atoms with Gasteiger partial charge in [-0.15, -0.1) is 0 Å². The van der Waals surface area contributed by atoms with Crippen molar-refractivity contribution in [3.8, 4) is 0 Å². The van der Waals surface area contributed by atoms with Crippen molar-refractivity contribution in [1.82, 2.24) is 0 Å². The van der Waals surface area contributed by atoms with Gasteiger partial charge in [-0.3, -0.25) is 33.6 Å². The summed E-state index contributed by atoms with van der Waals surface area (Å²) in [6, 6.07) is 0. The molecule has 0 aromatic rings. The highest BCUT2D eigenvalue weighted by Gasteiger charge is 2.73. The number of carboxylic acids is 2. The number of carbonyl (C=O) groups is 7. The molecule has 13 heteroatoms. The molecule has 69 heavy (non-hydrogen) atoms. The molecule has 8 aliphatic rings. The van der Waals surface area contributed by atoms with Crippen LogP contribution < -0.4 is 0 Å². The van der Waals surface area contributed by atoms with Crippen LogP contribution in [0.2, 0.25) is 0 Å². The number of rotatable bonds is 7. The molecule has 0 bridgehead atoms. The van der Waals surface area contributed by atoms with Crippen LogP contribution in [0, 0.1) is 89.7 Å². The Kier molecular flexibility index (Phi) is 13.5. The number of ether oxygens (including phenoxy) is 3. The van der Waals surface area contributed by atoms with E-state index in [0.717, 1.165) is 64.2 Å². The Labute approximate surface area is 411 Å². The molecule has 0 radical (unpaired) electrons. The largest absolute Gasteiger partial charge is 0.480 e. The van der Waals surface area contributed by atoms with Crippen LogP contribution in [0.5, 0.6) is 0 Å². The van der Waals surface area contributed by atoms with Crippen molar-refractivity contribution in [2.24, 2.45) is 89.7 Å². The maximum absolute atomic E-state index is 13.9. The first-order valence-electron chi connectivity index (χ1n) is 26.4. The van der Waals surface area contributed by atoms with Crippen LogP contribution in [-0.4, -0.2) is 82.2 Å². The monoisotopic (exact) mass is 967 g/mol. The maximum Gasteiger partial charge on any atom is 0.320 e. The molecule has 0 aromatic carbocycles. The average molecular weight is 967 g/mol. The Bertz CT molecular complexity index is 2130. The number of fused-ring (bicyclic) bond motifs is 10. The molecule has 16 atom stereocenters. The lowest BCUT2D eigenvalue weighted by Gasteiger charge is -2.71. The van der Waals surface area contributed by atoms with Gasteiger partial charge in [-0.05, 0) is 164 Å². The first kappa shape index (κ1) is 53.4. The van der Waals surface area contributed by atoms with Crippen molar-refractivity contribution in [2.75, 3.05) is 13.2 Å². The van der Waals surface area contributed by atoms with Crippen LogP contribution in [-0.2, 0) is 47.8 Å². The molecule has 8 aliphatic carbocycles. The summed E-state index contributed by atoms with van der Waals surface area (Å²) in [5, 5.41) is 31.0. The predicted octanol–water partition coefficient (Wildman–Crippen LogP) is 9.81. The van der Waals surface area contributed by atoms with Gasteiger partial charge in [0, 0.05) is 38.0 Å². The van der Waals surface area contributed by atoms with Crippen LogP contribution in [0.25, 0.3) is 0 Å². The third kappa shape index (κ3) is 7.61. The molecule has 0 spiro atoms. The molecule has 6 unspecified atom stereocenters. The Morgan fingerprint density at radius 1 is 0.464 bits per heavy atom. The van der Waals surface area contributed by atoms with Gasteiger partial charge in [0.15, 0.2) is 22.4 Å². The summed E-state index contributed by atoms with van der Waals surface area (Å²) in [6.07, 6.45) is 12.1. The fourth-order valence-electron chi connectivity index (χ4n) is 19.1. The number of hydrogen-bond donors (Lipinski definition) is 3. The first-order valence-corrected chi connectivity index (χ1v) is 26.4. The van der Waals surface area contributed by atoms with E-state index in [-0.39, 0.29) is 111 Å². The van der Waals surface area contributed by atoms with Gasteiger partial charge in [-0.1, -0.05) is 69.2 Å². The lowest BCUT2D eigenvalue weighted by atomic mass is 9.33. The molecule has 8 saturated carbocycles. The summed E-state index contributed by atoms with van der Waals surface area (Å²) in [6.45, 7) is 26.2. The number of hydrogen-bond acceptors (Lipinski definition) is 11. The van der Waals surface area contributed by atoms with Crippen LogP contribution in [0.4, 0.5) is 0 Å². The van der Waals surface area contributed by atoms with Crippen molar-refractivity contribution in [3.63, 3.8) is 0 Å². The molecule has 8 rings (SSSR count). The van der Waals surface area contributed by atoms with E-state index < -0.39 is 34.7 Å². The lowest BCUT2D eigenvalue weighted by molar-refractivity contribution is -0.237. The molecule has 3 N–H and O–H groups in total. The number of aliphatic carboxylic acids is 2. The molecular formula is C56H86O13. The van der Waals surface area contributed by atoms with Crippen molar-refractivity contribution < 1.29 is 63.1 Å². The van der Waals surface area contributed by atoms with Gasteiger partial charge >= 0.3 is 29.8 Å². The first-order chi connectivity index (χ1) is 31.7. The van der Waals surface area contributed by atoms with Gasteiger partial charge in [-0.2, -0.15) is 0 Å². The number of aliphatic hydroxyl groups is 1. The lowest BCUT2D eigenvalue weighted by Crippen LogP contribution is -2.68. The second kappa shape index (κ2) is 17.4. The normalized spacial score (nSPS) is 47.0. The van der Waals surface area contributed by atoms with E-state index in [1.165, 1.54) is 20.8 Å². The van der Waals surface area contributed by atoms with E-state index in [1.54, 1.807) is 0 Å². The molecule has 0 amide bonds. The smallest absolute Gasteiger partial charge is 0.320 e. The number of carboxylic acid groups (broad SMARTS) is 2. The van der Waals surface area contributed by atoms with E-state index in [9.17, 15) is 48.9 Å². The van der Waals surface area contributed by atoms with Crippen LogP contribution in [0.3, 0.4) is 0 Å². The third-order valence-corrected chi connectivity index (χ3v) is 23.5. The quantitative estimate of drug-likeness (QED) is 0.124. The van der Waals surface area contributed by atoms with E-state index in [0.29, 0.717) is 49.4 Å². The summed E-state index contributed by atoms with van der Waals surface area (Å²) in [5.41, 5.74) is -4.14. The van der Waals surface area contributed by atoms with Crippen LogP contribution >= 0.6 is 0 Å². The molecule has 8 fully saturated rings. The maximum atomic E-state index is 13.9. The Balaban J connectivity index is 0.000000205. The number of esters is 3. The Morgan fingerprint density at radius 3 is 1.23 bits per heavy atom. The Morgan fingerprint density at radius 2 is 0.855 bits per heavy atom. The van der Waals surface area contributed by atoms with E-state index >= 15 is 0 Å². The number of ketones is 2. The highest BCUT2D eigenvalue weighted by molar-refractivity contribution is 6.06. The predicted molar refractivity (Wildman–Crippen MR) is 256 cm³/mol. The molecule has 0 aromatic heterocycles. The van der Waals surface area contributed by atoms with Crippen LogP contribution in [0.1, 0.15) is 193 Å². The van der Waals surface area contributed by atoms with Gasteiger partial charge in [0.05, 0.1) is 6.10 Å². The van der Waals surface area contributed by atoms with E-state index in [4.69, 9.17) is 14.2 Å². The fraction of sp³-hybridized carbons (Fsp3) is 0.875. The number of carbonyl (C=O) groups excluding carboxylic acids is 5. The standard InChI is InChI=1S/C29H44O7.C27H42O6/c1-17(30)35-16-29(24(33)34)15-14-27(6)19(23(29)32)8-9-21-26(5)12-11-22(36-18(2)31)25(3,4)20(26)10-13-28(21,27)7;1-16(28)33-15-27(22(31)32)14-13-25(5)17(21(27)30)7-8-19-24(4)11-10-20(29)23(2,3)18(24)9-12-26(19,25)6/h19-22H,8-16H2,1-7H3,(H,33,34);17-20,29H,7-15H2,1-6H3,(H,31,32)/t19?,20?,21?,22-,26-,27+,28+,29-;17?,18?,19?,20-,24-,25+,26+,27-/m00/s1. The minimum absolute atomic E-state index is 0.0588. The highest BCUT2D eigenvalue weighted by atomic mass is 16.5. The topological polar surface area (TPSA) is 208 Å². The van der Waals surface area contributed by atoms with Crippen molar-refractivity contribution in [3.05, 3.63) is 0 Å². The fourth-order valence-corrected chi connectivity index (χ4v) is 19.1. The molecule has 13 nitrogen and oxygen atoms in total. The van der Waals surface area contributed by atoms with Gasteiger partial charge in [0.2, 0.25) is 0 Å². The van der Waals surface area contributed by atoms with Gasteiger partial charge in [0.25, 0.3) is 0 Å². The summed E-state index contributed by atoms with van der Waals surface area (Å²) in [4.78, 5) is 87.3. The molecular weight excluding hydrogens is 881 g/mol. The zero-order valence-corrected chi connectivity index (χ0v) is 44.3. The van der Waals surface area contributed by atoms with E-state index in [2.05, 4.69) is 69.2 Å². The summed E-state index contributed by atoms with van der Waals surface area (Å²) in [5.74, 6) is -3.18. The summed E-state index contributed by atoms with van der Waals surface area (Å²) < 4.78 is 16.0. The molecule has 0 saturated heterocycles. The van der Waals surface area contributed by atoms with Crippen molar-refractivity contribution in [1.29, 1.82) is 0 Å². The van der Waals surface area contributed by atoms with Gasteiger partial charge < -0.3 is 29.5 Å². The number of Topliss-reactive ketones (excluding diaryl/α,β-unsaturated/α-hetero) is 2. The zero-order valence-electron chi connectivity index (χ0n) is 44.3. The summed E-state index contributed by atoms with van der Waals surface area (Å²) in [7, 11) is 0.